The van der Waals surface area contributed by atoms with Crippen molar-refractivity contribution in [3.8, 4) is 11.4 Å². The van der Waals surface area contributed by atoms with E-state index < -0.39 is 17.8 Å². The fraction of sp³-hybridized carbons (Fsp3) is 0.0476. The minimum absolute atomic E-state index is 0.117. The van der Waals surface area contributed by atoms with Gasteiger partial charge in [0.25, 0.3) is 11.8 Å². The van der Waals surface area contributed by atoms with Crippen LogP contribution in [-0.2, 0) is 4.84 Å². The Bertz CT molecular complexity index is 1330. The summed E-state index contributed by atoms with van der Waals surface area (Å²) in [5.41, 5.74) is 2.16. The van der Waals surface area contributed by atoms with E-state index >= 15 is 0 Å². The molecule has 0 radical (unpaired) electrons. The molecule has 146 valence electrons. The number of imide groups is 1. The largest absolute Gasteiger partial charge is 0.364 e. The van der Waals surface area contributed by atoms with Crippen molar-refractivity contribution in [3.63, 3.8) is 0 Å². The SMILES string of the molecule is Cc1ccc2nnc(-c3ccccc3C(=O)ON3C(=O)c4ccccc4C3=O)n2n1. The van der Waals surface area contributed by atoms with Crippen molar-refractivity contribution in [2.75, 3.05) is 0 Å². The Labute approximate surface area is 169 Å². The average Bonchev–Trinajstić information content (AvgIpc) is 3.28. The number of carbonyl (C=O) groups is 3. The number of hydrogen-bond acceptors (Lipinski definition) is 7. The van der Waals surface area contributed by atoms with E-state index in [1.54, 1.807) is 42.5 Å². The van der Waals surface area contributed by atoms with E-state index in [-0.39, 0.29) is 16.7 Å². The molecule has 9 heteroatoms. The van der Waals surface area contributed by atoms with Crippen molar-refractivity contribution in [1.29, 1.82) is 0 Å². The molecule has 0 spiro atoms. The third kappa shape index (κ3) is 2.64. The topological polar surface area (TPSA) is 107 Å². The van der Waals surface area contributed by atoms with E-state index in [1.807, 2.05) is 6.92 Å². The number of aryl methyl sites for hydroxylation is 1. The zero-order chi connectivity index (χ0) is 20.8. The van der Waals surface area contributed by atoms with Crippen LogP contribution in [0, 0.1) is 6.92 Å². The van der Waals surface area contributed by atoms with Gasteiger partial charge in [0.2, 0.25) is 0 Å². The van der Waals surface area contributed by atoms with Gasteiger partial charge in [0.1, 0.15) is 0 Å². The van der Waals surface area contributed by atoms with E-state index in [0.29, 0.717) is 22.1 Å². The summed E-state index contributed by atoms with van der Waals surface area (Å²) in [6.45, 7) is 1.83. The molecule has 30 heavy (non-hydrogen) atoms. The van der Waals surface area contributed by atoms with E-state index in [0.717, 1.165) is 5.69 Å². The lowest BCUT2D eigenvalue weighted by atomic mass is 10.1. The van der Waals surface area contributed by atoms with Gasteiger partial charge >= 0.3 is 5.97 Å². The molecule has 4 aromatic rings. The van der Waals surface area contributed by atoms with Crippen molar-refractivity contribution >= 4 is 23.4 Å². The molecule has 1 aliphatic rings. The van der Waals surface area contributed by atoms with Crippen LogP contribution in [-0.4, -0.2) is 42.7 Å². The first-order valence-corrected chi connectivity index (χ1v) is 9.03. The van der Waals surface area contributed by atoms with Gasteiger partial charge in [-0.15, -0.1) is 10.2 Å². The number of aromatic nitrogens is 4. The quantitative estimate of drug-likeness (QED) is 0.487. The molecule has 0 aliphatic carbocycles. The van der Waals surface area contributed by atoms with Crippen LogP contribution in [0.1, 0.15) is 36.8 Å². The second kappa shape index (κ2) is 6.59. The van der Waals surface area contributed by atoms with Crippen LogP contribution in [0.3, 0.4) is 0 Å². The monoisotopic (exact) mass is 399 g/mol. The summed E-state index contributed by atoms with van der Waals surface area (Å²) >= 11 is 0. The van der Waals surface area contributed by atoms with Gasteiger partial charge in [-0.3, -0.25) is 9.59 Å². The maximum Gasteiger partial charge on any atom is 0.364 e. The molecule has 0 saturated carbocycles. The van der Waals surface area contributed by atoms with Crippen LogP contribution in [0.15, 0.2) is 60.7 Å². The molecule has 9 nitrogen and oxygen atoms in total. The van der Waals surface area contributed by atoms with Crippen molar-refractivity contribution in [2.24, 2.45) is 0 Å². The first-order valence-electron chi connectivity index (χ1n) is 9.03. The van der Waals surface area contributed by atoms with Gasteiger partial charge in [0.05, 0.1) is 22.4 Å². The van der Waals surface area contributed by atoms with E-state index in [9.17, 15) is 14.4 Å². The molecule has 0 atom stereocenters. The molecule has 1 aliphatic heterocycles. The summed E-state index contributed by atoms with van der Waals surface area (Å²) in [6.07, 6.45) is 0. The Hall–Kier alpha value is -4.40. The number of hydrogen-bond donors (Lipinski definition) is 0. The number of rotatable bonds is 3. The first kappa shape index (κ1) is 17.7. The lowest BCUT2D eigenvalue weighted by Gasteiger charge is -2.14. The molecule has 0 N–H and O–H groups in total. The van der Waals surface area contributed by atoms with Crippen LogP contribution in [0.2, 0.25) is 0 Å². The number of benzene rings is 2. The Kier molecular flexibility index (Phi) is 3.88. The van der Waals surface area contributed by atoms with Gasteiger partial charge < -0.3 is 4.84 Å². The zero-order valence-corrected chi connectivity index (χ0v) is 15.6. The molecule has 5 rings (SSSR count). The normalized spacial score (nSPS) is 13.0. The average molecular weight is 399 g/mol. The third-order valence-electron chi connectivity index (χ3n) is 4.72. The fourth-order valence-electron chi connectivity index (χ4n) is 3.29. The summed E-state index contributed by atoms with van der Waals surface area (Å²) in [5.74, 6) is -1.91. The summed E-state index contributed by atoms with van der Waals surface area (Å²) in [6, 6.07) is 16.4. The van der Waals surface area contributed by atoms with Gasteiger partial charge in [-0.25, -0.2) is 4.79 Å². The fourth-order valence-corrected chi connectivity index (χ4v) is 3.29. The van der Waals surface area contributed by atoms with E-state index in [1.165, 1.54) is 22.7 Å². The van der Waals surface area contributed by atoms with Crippen LogP contribution < -0.4 is 0 Å². The van der Waals surface area contributed by atoms with Gasteiger partial charge in [-0.2, -0.15) is 9.61 Å². The van der Waals surface area contributed by atoms with Crippen LogP contribution in [0.5, 0.6) is 0 Å². The lowest BCUT2D eigenvalue weighted by molar-refractivity contribution is -0.0584. The maximum atomic E-state index is 12.9. The third-order valence-corrected chi connectivity index (χ3v) is 4.72. The maximum absolute atomic E-state index is 12.9. The number of carbonyl (C=O) groups excluding carboxylic acids is 3. The minimum atomic E-state index is -0.871. The van der Waals surface area contributed by atoms with E-state index in [2.05, 4.69) is 15.3 Å². The second-order valence-electron chi connectivity index (χ2n) is 6.64. The highest BCUT2D eigenvalue weighted by atomic mass is 16.7. The molecular weight excluding hydrogens is 386 g/mol. The summed E-state index contributed by atoms with van der Waals surface area (Å²) in [5, 5.41) is 13.1. The standard InChI is InChI=1S/C21H13N5O4/c1-12-10-11-17-22-23-18(25(17)24-12)13-6-2-5-9-16(13)21(29)30-26-19(27)14-7-3-4-8-15(14)20(26)28/h2-11H,1H3. The van der Waals surface area contributed by atoms with Crippen LogP contribution in [0.25, 0.3) is 17.0 Å². The summed E-state index contributed by atoms with van der Waals surface area (Å²) in [4.78, 5) is 43.1. The van der Waals surface area contributed by atoms with Crippen LogP contribution >= 0.6 is 0 Å². The Morgan fingerprint density at radius 3 is 2.17 bits per heavy atom. The predicted molar refractivity (Wildman–Crippen MR) is 103 cm³/mol. The number of hydroxylamine groups is 2. The molecule has 0 fully saturated rings. The smallest absolute Gasteiger partial charge is 0.324 e. The Morgan fingerprint density at radius 2 is 1.47 bits per heavy atom. The van der Waals surface area contributed by atoms with Crippen molar-refractivity contribution in [2.45, 2.75) is 6.92 Å². The highest BCUT2D eigenvalue weighted by Gasteiger charge is 2.39. The molecule has 2 aromatic carbocycles. The highest BCUT2D eigenvalue weighted by Crippen LogP contribution is 2.26. The van der Waals surface area contributed by atoms with E-state index in [4.69, 9.17) is 4.84 Å². The summed E-state index contributed by atoms with van der Waals surface area (Å²) < 4.78 is 1.52. The second-order valence-corrected chi connectivity index (χ2v) is 6.64. The molecular formula is C21H13N5O4. The van der Waals surface area contributed by atoms with Crippen molar-refractivity contribution in [3.05, 3.63) is 83.0 Å². The molecule has 0 unspecified atom stereocenters. The molecule has 2 aromatic heterocycles. The Balaban J connectivity index is 1.52. The zero-order valence-electron chi connectivity index (χ0n) is 15.6. The van der Waals surface area contributed by atoms with Crippen molar-refractivity contribution < 1.29 is 19.2 Å². The van der Waals surface area contributed by atoms with Gasteiger partial charge in [-0.05, 0) is 37.3 Å². The van der Waals surface area contributed by atoms with Crippen LogP contribution in [0.4, 0.5) is 0 Å². The van der Waals surface area contributed by atoms with Gasteiger partial charge in [-0.1, -0.05) is 35.4 Å². The first-order chi connectivity index (χ1) is 14.5. The molecule has 3 heterocycles. The number of amides is 2. The number of nitrogens with zero attached hydrogens (tertiary/aromatic N) is 5. The molecule has 0 saturated heterocycles. The number of fused-ring (bicyclic) bond motifs is 2. The minimum Gasteiger partial charge on any atom is -0.324 e. The molecule has 2 amide bonds. The lowest BCUT2D eigenvalue weighted by Crippen LogP contribution is -2.32. The van der Waals surface area contributed by atoms with Gasteiger partial charge in [0, 0.05) is 5.56 Å². The Morgan fingerprint density at radius 1 is 0.833 bits per heavy atom. The predicted octanol–water partition coefficient (Wildman–Crippen LogP) is 2.47. The highest BCUT2D eigenvalue weighted by molar-refractivity contribution is 6.21. The molecule has 0 bridgehead atoms. The summed E-state index contributed by atoms with van der Waals surface area (Å²) in [7, 11) is 0. The van der Waals surface area contributed by atoms with Gasteiger partial charge in [0.15, 0.2) is 11.5 Å². The van der Waals surface area contributed by atoms with Crippen molar-refractivity contribution in [1.82, 2.24) is 24.9 Å².